The van der Waals surface area contributed by atoms with Gasteiger partial charge in [0.05, 0.1) is 6.42 Å². The summed E-state index contributed by atoms with van der Waals surface area (Å²) in [4.78, 5) is 24.5. The smallest absolute Gasteiger partial charge is 0.303 e. The zero-order valence-corrected chi connectivity index (χ0v) is 12.6. The second kappa shape index (κ2) is 5.49. The predicted octanol–water partition coefficient (Wildman–Crippen LogP) is 1.62. The number of nitrogens with one attached hydrogen (secondary N) is 1. The summed E-state index contributed by atoms with van der Waals surface area (Å²) in [6.45, 7) is 8.68. The highest BCUT2D eigenvalue weighted by atomic mass is 16.4. The van der Waals surface area contributed by atoms with Crippen molar-refractivity contribution in [3.8, 4) is 0 Å². The fourth-order valence-electron chi connectivity index (χ4n) is 2.99. The summed E-state index contributed by atoms with van der Waals surface area (Å²) in [5.74, 6) is -1.09. The van der Waals surface area contributed by atoms with E-state index >= 15 is 0 Å². The first kappa shape index (κ1) is 16.0. The molecule has 0 aliphatic carbocycles. The molecule has 0 bridgehead atoms. The van der Waals surface area contributed by atoms with Crippen LogP contribution in [0, 0.1) is 0 Å². The van der Waals surface area contributed by atoms with Crippen LogP contribution in [-0.2, 0) is 9.59 Å². The summed E-state index contributed by atoms with van der Waals surface area (Å²) in [6.07, 6.45) is 1.71. The second-order valence-corrected chi connectivity index (χ2v) is 6.75. The van der Waals surface area contributed by atoms with E-state index in [4.69, 9.17) is 5.11 Å². The molecule has 0 saturated carbocycles. The molecule has 1 heterocycles. The first-order valence-electron chi connectivity index (χ1n) is 6.80. The van der Waals surface area contributed by atoms with Gasteiger partial charge >= 0.3 is 5.97 Å². The predicted molar refractivity (Wildman–Crippen MR) is 74.0 cm³/mol. The van der Waals surface area contributed by atoms with Gasteiger partial charge in [-0.15, -0.1) is 0 Å². The van der Waals surface area contributed by atoms with E-state index in [0.717, 1.165) is 12.8 Å². The van der Waals surface area contributed by atoms with Crippen molar-refractivity contribution in [2.75, 3.05) is 7.05 Å². The van der Waals surface area contributed by atoms with Crippen molar-refractivity contribution in [1.29, 1.82) is 0 Å². The van der Waals surface area contributed by atoms with Crippen molar-refractivity contribution in [3.05, 3.63) is 0 Å². The summed E-state index contributed by atoms with van der Waals surface area (Å²) >= 11 is 0. The molecular weight excluding hydrogens is 244 g/mol. The lowest BCUT2D eigenvalue weighted by molar-refractivity contribution is -0.139. The molecule has 1 aliphatic heterocycles. The van der Waals surface area contributed by atoms with Gasteiger partial charge in [0.2, 0.25) is 5.91 Å². The lowest BCUT2D eigenvalue weighted by Gasteiger charge is -2.53. The summed E-state index contributed by atoms with van der Waals surface area (Å²) in [7, 11) is 2.11. The van der Waals surface area contributed by atoms with Crippen molar-refractivity contribution in [2.24, 2.45) is 0 Å². The Balaban J connectivity index is 2.60. The van der Waals surface area contributed by atoms with Gasteiger partial charge in [0.1, 0.15) is 0 Å². The molecule has 1 saturated heterocycles. The first-order chi connectivity index (χ1) is 8.54. The molecule has 5 nitrogen and oxygen atoms in total. The second-order valence-electron chi connectivity index (χ2n) is 6.75. The minimum Gasteiger partial charge on any atom is -0.481 e. The highest BCUT2D eigenvalue weighted by Gasteiger charge is 2.43. The third-order valence-electron chi connectivity index (χ3n) is 4.24. The van der Waals surface area contributed by atoms with Crippen LogP contribution < -0.4 is 5.32 Å². The molecule has 0 aromatic rings. The van der Waals surface area contributed by atoms with Crippen molar-refractivity contribution in [3.63, 3.8) is 0 Å². The molecule has 0 radical (unpaired) electrons. The topological polar surface area (TPSA) is 69.6 Å². The highest BCUT2D eigenvalue weighted by Crippen LogP contribution is 2.36. The van der Waals surface area contributed by atoms with E-state index in [-0.39, 0.29) is 35.9 Å². The minimum atomic E-state index is -0.931. The van der Waals surface area contributed by atoms with Gasteiger partial charge in [0.15, 0.2) is 0 Å². The molecule has 1 fully saturated rings. The molecule has 1 aliphatic rings. The van der Waals surface area contributed by atoms with Crippen molar-refractivity contribution < 1.29 is 14.7 Å². The van der Waals surface area contributed by atoms with Crippen LogP contribution in [0.4, 0.5) is 0 Å². The molecule has 110 valence electrons. The van der Waals surface area contributed by atoms with Gasteiger partial charge in [-0.2, -0.15) is 0 Å². The Hall–Kier alpha value is -1.10. The third-order valence-corrected chi connectivity index (χ3v) is 4.24. The molecule has 1 amide bonds. The van der Waals surface area contributed by atoms with Crippen molar-refractivity contribution in [2.45, 2.75) is 70.5 Å². The van der Waals surface area contributed by atoms with Crippen LogP contribution in [0.3, 0.4) is 0 Å². The SMILES string of the molecule is CN1C(C)(C)CC(NC(=O)CCC(=O)O)CC1(C)C. The lowest BCUT2D eigenvalue weighted by atomic mass is 9.77. The Morgan fingerprint density at radius 2 is 1.63 bits per heavy atom. The van der Waals surface area contributed by atoms with Crippen LogP contribution in [0.1, 0.15) is 53.4 Å². The largest absolute Gasteiger partial charge is 0.481 e. The number of carbonyl (C=O) groups is 2. The van der Waals surface area contributed by atoms with Gasteiger partial charge in [-0.3, -0.25) is 14.5 Å². The van der Waals surface area contributed by atoms with Gasteiger partial charge < -0.3 is 10.4 Å². The van der Waals surface area contributed by atoms with Crippen LogP contribution in [0.25, 0.3) is 0 Å². The number of piperidine rings is 1. The average Bonchev–Trinajstić information content (AvgIpc) is 2.22. The quantitative estimate of drug-likeness (QED) is 0.814. The number of carboxylic acid groups (broad SMARTS) is 1. The molecule has 0 unspecified atom stereocenters. The van der Waals surface area contributed by atoms with E-state index < -0.39 is 5.97 Å². The van der Waals surface area contributed by atoms with Crippen LogP contribution in [0.2, 0.25) is 0 Å². The Kier molecular flexibility index (Phi) is 4.61. The van der Waals surface area contributed by atoms with E-state index in [1.165, 1.54) is 0 Å². The Bertz CT molecular complexity index is 346. The number of carbonyl (C=O) groups excluding carboxylic acids is 1. The number of aliphatic carboxylic acids is 1. The molecule has 5 heteroatoms. The van der Waals surface area contributed by atoms with Crippen molar-refractivity contribution >= 4 is 11.9 Å². The molecule has 19 heavy (non-hydrogen) atoms. The maximum atomic E-state index is 11.7. The number of likely N-dealkylation sites (tertiary alicyclic amines) is 1. The summed E-state index contributed by atoms with van der Waals surface area (Å²) < 4.78 is 0. The van der Waals surface area contributed by atoms with E-state index in [0.29, 0.717) is 0 Å². The molecule has 0 spiro atoms. The van der Waals surface area contributed by atoms with Crippen LogP contribution in [0.5, 0.6) is 0 Å². The summed E-state index contributed by atoms with van der Waals surface area (Å²) in [5, 5.41) is 11.6. The van der Waals surface area contributed by atoms with E-state index in [2.05, 4.69) is 45.0 Å². The normalized spacial score (nSPS) is 23.0. The first-order valence-corrected chi connectivity index (χ1v) is 6.80. The average molecular weight is 270 g/mol. The monoisotopic (exact) mass is 270 g/mol. The Morgan fingerprint density at radius 1 is 1.16 bits per heavy atom. The Labute approximate surface area is 115 Å². The van der Waals surface area contributed by atoms with E-state index in [1.54, 1.807) is 0 Å². The molecule has 1 rings (SSSR count). The van der Waals surface area contributed by atoms with Gasteiger partial charge in [-0.1, -0.05) is 0 Å². The number of hydrogen-bond acceptors (Lipinski definition) is 3. The van der Waals surface area contributed by atoms with Crippen molar-refractivity contribution in [1.82, 2.24) is 10.2 Å². The molecule has 0 aromatic heterocycles. The van der Waals surface area contributed by atoms with Crippen LogP contribution >= 0.6 is 0 Å². The minimum absolute atomic E-state index is 0.0203. The number of hydrogen-bond donors (Lipinski definition) is 2. The number of amides is 1. The molecule has 0 aromatic carbocycles. The number of rotatable bonds is 4. The summed E-state index contributed by atoms with van der Waals surface area (Å²) in [6, 6.07) is 0.113. The third kappa shape index (κ3) is 4.20. The van der Waals surface area contributed by atoms with Crippen LogP contribution in [0.15, 0.2) is 0 Å². The fourth-order valence-corrected chi connectivity index (χ4v) is 2.99. The van der Waals surface area contributed by atoms with E-state index in [9.17, 15) is 9.59 Å². The number of nitrogens with zero attached hydrogens (tertiary/aromatic N) is 1. The lowest BCUT2D eigenvalue weighted by Crippen LogP contribution is -2.62. The standard InChI is InChI=1S/C14H26N2O3/c1-13(2)8-10(9-14(3,4)16(13)5)15-11(17)6-7-12(18)19/h10H,6-9H2,1-5H3,(H,15,17)(H,18,19). The maximum absolute atomic E-state index is 11.7. The highest BCUT2D eigenvalue weighted by molar-refractivity contribution is 5.80. The maximum Gasteiger partial charge on any atom is 0.303 e. The fraction of sp³-hybridized carbons (Fsp3) is 0.857. The molecular formula is C14H26N2O3. The van der Waals surface area contributed by atoms with Gasteiger partial charge in [-0.05, 0) is 47.6 Å². The molecule has 2 N–H and O–H groups in total. The zero-order valence-electron chi connectivity index (χ0n) is 12.6. The van der Waals surface area contributed by atoms with E-state index in [1.807, 2.05) is 0 Å². The van der Waals surface area contributed by atoms with Gasteiger partial charge in [-0.25, -0.2) is 0 Å². The molecule has 0 atom stereocenters. The zero-order chi connectivity index (χ0) is 14.8. The Morgan fingerprint density at radius 3 is 2.05 bits per heavy atom. The number of carboxylic acids is 1. The van der Waals surface area contributed by atoms with Gasteiger partial charge in [0, 0.05) is 23.5 Å². The van der Waals surface area contributed by atoms with Crippen LogP contribution in [-0.4, -0.2) is 46.1 Å². The summed E-state index contributed by atoms with van der Waals surface area (Å²) in [5.41, 5.74) is 0.0407. The van der Waals surface area contributed by atoms with Gasteiger partial charge in [0.25, 0.3) is 0 Å².